The highest BCUT2D eigenvalue weighted by Gasteiger charge is 2.16. The van der Waals surface area contributed by atoms with Gasteiger partial charge in [0.2, 0.25) is 0 Å². The Balaban J connectivity index is 0.00000101. The number of aromatic nitrogens is 2. The van der Waals surface area contributed by atoms with Gasteiger partial charge < -0.3 is 15.4 Å². The molecule has 0 fully saturated rings. The molecule has 3 rings (SSSR count). The van der Waals surface area contributed by atoms with E-state index in [2.05, 4.69) is 31.7 Å². The minimum atomic E-state index is -0.862. The summed E-state index contributed by atoms with van der Waals surface area (Å²) >= 11 is 3.44. The Hall–Kier alpha value is -3.45. The van der Waals surface area contributed by atoms with Crippen molar-refractivity contribution in [2.45, 2.75) is 6.92 Å². The summed E-state index contributed by atoms with van der Waals surface area (Å²) in [7, 11) is 3.32. The Morgan fingerprint density at radius 2 is 1.93 bits per heavy atom. The van der Waals surface area contributed by atoms with E-state index in [1.54, 1.807) is 49.3 Å². The van der Waals surface area contributed by atoms with Crippen LogP contribution in [0.1, 0.15) is 6.92 Å². The van der Waals surface area contributed by atoms with Gasteiger partial charge in [-0.3, -0.25) is 4.68 Å². The number of ether oxygens (including phenoxy) is 1. The molecule has 156 valence electrons. The highest BCUT2D eigenvalue weighted by molar-refractivity contribution is 9.10. The van der Waals surface area contributed by atoms with Crippen LogP contribution in [0.4, 0.5) is 25.0 Å². The van der Waals surface area contributed by atoms with Crippen molar-refractivity contribution in [1.82, 2.24) is 9.78 Å². The Kier molecular flexibility index (Phi) is 7.89. The maximum absolute atomic E-state index is 13.7. The predicted molar refractivity (Wildman–Crippen MR) is 113 cm³/mol. The van der Waals surface area contributed by atoms with Gasteiger partial charge in [-0.05, 0) is 46.3 Å². The number of nitrogens with zero attached hydrogens (tertiary/aromatic N) is 3. The van der Waals surface area contributed by atoms with E-state index in [4.69, 9.17) is 10.00 Å². The Bertz CT molecular complexity index is 1080. The van der Waals surface area contributed by atoms with Crippen LogP contribution < -0.4 is 15.4 Å². The van der Waals surface area contributed by atoms with E-state index in [1.807, 2.05) is 0 Å². The van der Waals surface area contributed by atoms with Crippen LogP contribution in [0.15, 0.2) is 47.1 Å². The third-order valence-electron chi connectivity index (χ3n) is 3.79. The molecule has 0 atom stereocenters. The van der Waals surface area contributed by atoms with Crippen LogP contribution in [-0.4, -0.2) is 22.9 Å². The maximum Gasteiger partial charge on any atom is 0.323 e. The van der Waals surface area contributed by atoms with Crippen LogP contribution >= 0.6 is 15.9 Å². The molecule has 3 aromatic rings. The maximum atomic E-state index is 13.7. The number of amides is 2. The highest BCUT2D eigenvalue weighted by Crippen LogP contribution is 2.36. The molecule has 0 aliphatic heterocycles. The lowest BCUT2D eigenvalue weighted by molar-refractivity contribution is 0.262. The summed E-state index contributed by atoms with van der Waals surface area (Å²) in [6.07, 6.45) is 1.65. The number of benzene rings is 2. The SMILES string of the molecule is CC#N.COc1ccc(NC(=O)Nc2ccc(F)cc2F)cc1-c1c(Br)cnn1C. The Morgan fingerprint density at radius 1 is 1.23 bits per heavy atom. The fraction of sp³-hybridized carbons (Fsp3) is 0.150. The Morgan fingerprint density at radius 3 is 2.50 bits per heavy atom. The van der Waals surface area contributed by atoms with Crippen LogP contribution in [0, 0.1) is 23.0 Å². The summed E-state index contributed by atoms with van der Waals surface area (Å²) in [6, 6.07) is 9.04. The number of rotatable bonds is 4. The number of aryl methyl sites for hydroxylation is 1. The molecule has 0 aliphatic rings. The number of carbonyl (C=O) groups excluding carboxylic acids is 1. The summed E-state index contributed by atoms with van der Waals surface area (Å²) in [4.78, 5) is 12.2. The fourth-order valence-electron chi connectivity index (χ4n) is 2.56. The van der Waals surface area contributed by atoms with Crippen LogP contribution in [0.5, 0.6) is 5.75 Å². The van der Waals surface area contributed by atoms with E-state index in [0.717, 1.165) is 22.3 Å². The van der Waals surface area contributed by atoms with Crippen LogP contribution in [0.2, 0.25) is 0 Å². The van der Waals surface area contributed by atoms with Crippen molar-refractivity contribution in [3.05, 3.63) is 58.7 Å². The number of nitriles is 1. The first-order valence-electron chi connectivity index (χ1n) is 8.50. The molecule has 0 radical (unpaired) electrons. The van der Waals surface area contributed by atoms with E-state index < -0.39 is 17.7 Å². The smallest absolute Gasteiger partial charge is 0.323 e. The van der Waals surface area contributed by atoms with E-state index in [1.165, 1.54) is 6.92 Å². The van der Waals surface area contributed by atoms with Gasteiger partial charge in [0.15, 0.2) is 0 Å². The van der Waals surface area contributed by atoms with Crippen molar-refractivity contribution >= 4 is 33.3 Å². The number of hydrogen-bond acceptors (Lipinski definition) is 4. The van der Waals surface area contributed by atoms with Gasteiger partial charge in [0.25, 0.3) is 0 Å². The molecule has 1 heterocycles. The van der Waals surface area contributed by atoms with Gasteiger partial charge in [-0.1, -0.05) is 0 Å². The molecule has 30 heavy (non-hydrogen) atoms. The molecule has 0 aliphatic carbocycles. The lowest BCUT2D eigenvalue weighted by Crippen LogP contribution is -2.20. The molecular weight excluding hydrogens is 460 g/mol. The molecule has 0 spiro atoms. The highest BCUT2D eigenvalue weighted by atomic mass is 79.9. The molecule has 0 saturated carbocycles. The van der Waals surface area contributed by atoms with Crippen molar-refractivity contribution < 1.29 is 18.3 Å². The van der Waals surface area contributed by atoms with Crippen molar-refractivity contribution in [2.24, 2.45) is 7.05 Å². The molecule has 7 nitrogen and oxygen atoms in total. The average molecular weight is 478 g/mol. The molecule has 0 unspecified atom stereocenters. The first-order chi connectivity index (χ1) is 14.3. The number of anilines is 2. The summed E-state index contributed by atoms with van der Waals surface area (Å²) in [5.74, 6) is -0.991. The minimum Gasteiger partial charge on any atom is -0.496 e. The third kappa shape index (κ3) is 5.55. The number of methoxy groups -OCH3 is 1. The van der Waals surface area contributed by atoms with Crippen molar-refractivity contribution in [3.63, 3.8) is 0 Å². The van der Waals surface area contributed by atoms with Crippen molar-refractivity contribution in [1.29, 1.82) is 5.26 Å². The van der Waals surface area contributed by atoms with Crippen LogP contribution in [0.25, 0.3) is 11.3 Å². The van der Waals surface area contributed by atoms with Crippen molar-refractivity contribution in [2.75, 3.05) is 17.7 Å². The average Bonchev–Trinajstić information content (AvgIpc) is 3.03. The van der Waals surface area contributed by atoms with Crippen LogP contribution in [-0.2, 0) is 7.05 Å². The minimum absolute atomic E-state index is 0.128. The second kappa shape index (κ2) is 10.4. The van der Waals surface area contributed by atoms with Gasteiger partial charge in [-0.15, -0.1) is 0 Å². The fourth-order valence-corrected chi connectivity index (χ4v) is 3.12. The normalized spacial score (nSPS) is 9.77. The van der Waals surface area contributed by atoms with Crippen LogP contribution in [0.3, 0.4) is 0 Å². The Labute approximate surface area is 180 Å². The standard InChI is InChI=1S/C18H15BrF2N4O2.C2H3N/c1-25-17(13(19)9-22-25)12-8-11(4-6-16(12)27-2)23-18(26)24-15-5-3-10(20)7-14(15)21;1-2-3/h3-9H,1-2H3,(H2,23,24,26);1H3. The second-order valence-corrected chi connectivity index (χ2v) is 6.66. The number of halogens is 3. The molecular formula is C20H18BrF2N5O2. The van der Waals surface area contributed by atoms with Gasteiger partial charge in [0, 0.05) is 31.3 Å². The largest absolute Gasteiger partial charge is 0.496 e. The summed E-state index contributed by atoms with van der Waals surface area (Å²) in [6.45, 7) is 1.43. The number of nitrogens with one attached hydrogen (secondary N) is 2. The third-order valence-corrected chi connectivity index (χ3v) is 4.37. The molecule has 2 N–H and O–H groups in total. The number of carbonyl (C=O) groups is 1. The zero-order valence-corrected chi connectivity index (χ0v) is 17.9. The molecule has 0 bridgehead atoms. The topological polar surface area (TPSA) is 92.0 Å². The van der Waals surface area contributed by atoms with Gasteiger partial charge in [0.1, 0.15) is 17.4 Å². The van der Waals surface area contributed by atoms with E-state index >= 15 is 0 Å². The van der Waals surface area contributed by atoms with E-state index in [-0.39, 0.29) is 5.69 Å². The predicted octanol–water partition coefficient (Wildman–Crippen LogP) is 5.31. The lowest BCUT2D eigenvalue weighted by Gasteiger charge is -2.13. The van der Waals surface area contributed by atoms with Gasteiger partial charge in [-0.25, -0.2) is 13.6 Å². The molecule has 2 amide bonds. The summed E-state index contributed by atoms with van der Waals surface area (Å²) in [5, 5.41) is 16.4. The summed E-state index contributed by atoms with van der Waals surface area (Å²) < 4.78 is 34.4. The first kappa shape index (κ1) is 22.8. The quantitative estimate of drug-likeness (QED) is 0.532. The first-order valence-corrected chi connectivity index (χ1v) is 9.29. The van der Waals surface area contributed by atoms with Gasteiger partial charge in [0.05, 0.1) is 35.2 Å². The van der Waals surface area contributed by atoms with Gasteiger partial charge >= 0.3 is 6.03 Å². The molecule has 2 aromatic carbocycles. The molecule has 10 heteroatoms. The zero-order chi connectivity index (χ0) is 22.3. The van der Waals surface area contributed by atoms with E-state index in [9.17, 15) is 13.6 Å². The van der Waals surface area contributed by atoms with Crippen molar-refractivity contribution in [3.8, 4) is 23.1 Å². The zero-order valence-electron chi connectivity index (χ0n) is 16.3. The second-order valence-electron chi connectivity index (χ2n) is 5.81. The number of hydrogen-bond donors (Lipinski definition) is 2. The molecule has 1 aromatic heterocycles. The van der Waals surface area contributed by atoms with Gasteiger partial charge in [-0.2, -0.15) is 10.4 Å². The molecule has 0 saturated heterocycles. The lowest BCUT2D eigenvalue weighted by atomic mass is 10.1. The number of urea groups is 1. The summed E-state index contributed by atoms with van der Waals surface area (Å²) in [5.41, 5.74) is 1.80. The monoisotopic (exact) mass is 477 g/mol. The van der Waals surface area contributed by atoms with E-state index in [0.29, 0.717) is 23.1 Å².